The maximum absolute atomic E-state index is 9.03. The standard InChI is InChI=1S/C7H12O2/c1-5-2-6(8)4-7(9)3-5/h6-9H,1-4H2. The minimum Gasteiger partial charge on any atom is -0.393 e. The summed E-state index contributed by atoms with van der Waals surface area (Å²) in [6.45, 7) is 3.70. The Labute approximate surface area is 54.8 Å². The molecule has 0 saturated heterocycles. The van der Waals surface area contributed by atoms with Crippen molar-refractivity contribution in [1.29, 1.82) is 0 Å². The van der Waals surface area contributed by atoms with Crippen LogP contribution in [0.1, 0.15) is 19.3 Å². The molecule has 1 saturated carbocycles. The Hall–Kier alpha value is -0.340. The van der Waals surface area contributed by atoms with Crippen LogP contribution < -0.4 is 0 Å². The lowest BCUT2D eigenvalue weighted by Crippen LogP contribution is -2.24. The van der Waals surface area contributed by atoms with E-state index in [0.717, 1.165) is 5.57 Å². The van der Waals surface area contributed by atoms with Gasteiger partial charge in [-0.15, -0.1) is 0 Å². The van der Waals surface area contributed by atoms with E-state index in [1.165, 1.54) is 0 Å². The molecule has 1 aliphatic carbocycles. The molecule has 52 valence electrons. The van der Waals surface area contributed by atoms with E-state index in [4.69, 9.17) is 10.2 Å². The van der Waals surface area contributed by atoms with Crippen LogP contribution in [0.3, 0.4) is 0 Å². The van der Waals surface area contributed by atoms with E-state index < -0.39 is 0 Å². The molecule has 0 heterocycles. The van der Waals surface area contributed by atoms with Gasteiger partial charge in [0.15, 0.2) is 0 Å². The van der Waals surface area contributed by atoms with Gasteiger partial charge in [0.25, 0.3) is 0 Å². The predicted octanol–water partition coefficient (Wildman–Crippen LogP) is 0.448. The highest BCUT2D eigenvalue weighted by atomic mass is 16.3. The average molecular weight is 128 g/mol. The van der Waals surface area contributed by atoms with Gasteiger partial charge in [0.1, 0.15) is 0 Å². The molecule has 2 heteroatoms. The van der Waals surface area contributed by atoms with Crippen LogP contribution in [-0.4, -0.2) is 22.4 Å². The molecule has 0 spiro atoms. The molecule has 2 nitrogen and oxygen atoms in total. The van der Waals surface area contributed by atoms with Crippen molar-refractivity contribution in [2.45, 2.75) is 31.5 Å². The second-order valence-corrected chi connectivity index (χ2v) is 2.70. The topological polar surface area (TPSA) is 40.5 Å². The van der Waals surface area contributed by atoms with Crippen molar-refractivity contribution in [2.75, 3.05) is 0 Å². The molecular weight excluding hydrogens is 116 g/mol. The summed E-state index contributed by atoms with van der Waals surface area (Å²) in [5, 5.41) is 18.1. The quantitative estimate of drug-likeness (QED) is 0.465. The summed E-state index contributed by atoms with van der Waals surface area (Å²) in [5.41, 5.74) is 0.959. The molecule has 0 aromatic carbocycles. The third-order valence-corrected chi connectivity index (χ3v) is 1.59. The van der Waals surface area contributed by atoms with E-state index in [2.05, 4.69) is 6.58 Å². The molecule has 0 amide bonds. The third-order valence-electron chi connectivity index (χ3n) is 1.59. The third kappa shape index (κ3) is 1.80. The van der Waals surface area contributed by atoms with Crippen molar-refractivity contribution >= 4 is 0 Å². The van der Waals surface area contributed by atoms with Gasteiger partial charge in [-0.2, -0.15) is 0 Å². The number of hydrogen-bond donors (Lipinski definition) is 2. The highest BCUT2D eigenvalue weighted by Crippen LogP contribution is 2.21. The zero-order valence-corrected chi connectivity index (χ0v) is 5.38. The number of rotatable bonds is 0. The van der Waals surface area contributed by atoms with Crippen molar-refractivity contribution in [3.05, 3.63) is 12.2 Å². The minimum atomic E-state index is -0.360. The monoisotopic (exact) mass is 128 g/mol. The summed E-state index contributed by atoms with van der Waals surface area (Å²) in [6.07, 6.45) is 1.12. The van der Waals surface area contributed by atoms with Crippen LogP contribution in [0.25, 0.3) is 0 Å². The first kappa shape index (κ1) is 6.78. The first-order valence-corrected chi connectivity index (χ1v) is 3.21. The largest absolute Gasteiger partial charge is 0.393 e. The first-order valence-electron chi connectivity index (χ1n) is 3.21. The second kappa shape index (κ2) is 2.50. The van der Waals surface area contributed by atoms with Gasteiger partial charge in [-0.3, -0.25) is 0 Å². The fraction of sp³-hybridized carbons (Fsp3) is 0.714. The molecule has 0 radical (unpaired) electrons. The summed E-state index contributed by atoms with van der Waals surface area (Å²) in [6, 6.07) is 0. The molecule has 9 heavy (non-hydrogen) atoms. The van der Waals surface area contributed by atoms with Crippen molar-refractivity contribution in [3.8, 4) is 0 Å². The molecule has 2 atom stereocenters. The van der Waals surface area contributed by atoms with E-state index >= 15 is 0 Å². The van der Waals surface area contributed by atoms with Gasteiger partial charge in [-0.1, -0.05) is 12.2 Å². The number of aliphatic hydroxyl groups is 2. The molecule has 1 rings (SSSR count). The summed E-state index contributed by atoms with van der Waals surface area (Å²) in [4.78, 5) is 0. The van der Waals surface area contributed by atoms with Gasteiger partial charge in [0, 0.05) is 0 Å². The Balaban J connectivity index is 2.43. The number of hydrogen-bond acceptors (Lipinski definition) is 2. The molecule has 2 unspecified atom stereocenters. The van der Waals surface area contributed by atoms with E-state index in [9.17, 15) is 0 Å². The Morgan fingerprint density at radius 3 is 2.00 bits per heavy atom. The van der Waals surface area contributed by atoms with Crippen molar-refractivity contribution in [1.82, 2.24) is 0 Å². The fourth-order valence-corrected chi connectivity index (χ4v) is 1.23. The van der Waals surface area contributed by atoms with Crippen LogP contribution in [-0.2, 0) is 0 Å². The molecule has 1 fully saturated rings. The highest BCUT2D eigenvalue weighted by Gasteiger charge is 2.19. The summed E-state index contributed by atoms with van der Waals surface area (Å²) < 4.78 is 0. The first-order chi connectivity index (χ1) is 4.18. The van der Waals surface area contributed by atoms with Crippen LogP contribution in [0.5, 0.6) is 0 Å². The average Bonchev–Trinajstić information content (AvgIpc) is 1.59. The molecule has 0 aliphatic heterocycles. The lowest BCUT2D eigenvalue weighted by Gasteiger charge is -2.23. The normalized spacial score (nSPS) is 36.9. The molecule has 0 aromatic rings. The summed E-state index contributed by atoms with van der Waals surface area (Å²) in [5.74, 6) is 0. The SMILES string of the molecule is C=C1CC(O)CC(O)C1. The maximum Gasteiger partial charge on any atom is 0.0601 e. The molecular formula is C7H12O2. The summed E-state index contributed by atoms with van der Waals surface area (Å²) in [7, 11) is 0. The Morgan fingerprint density at radius 2 is 1.67 bits per heavy atom. The van der Waals surface area contributed by atoms with Gasteiger partial charge in [-0.25, -0.2) is 0 Å². The van der Waals surface area contributed by atoms with Crippen LogP contribution in [0.2, 0.25) is 0 Å². The molecule has 0 aromatic heterocycles. The van der Waals surface area contributed by atoms with Crippen molar-refractivity contribution in [2.24, 2.45) is 0 Å². The fourth-order valence-electron chi connectivity index (χ4n) is 1.23. The van der Waals surface area contributed by atoms with Crippen molar-refractivity contribution in [3.63, 3.8) is 0 Å². The lowest BCUT2D eigenvalue weighted by molar-refractivity contribution is 0.0612. The lowest BCUT2D eigenvalue weighted by atomic mass is 9.92. The van der Waals surface area contributed by atoms with Crippen LogP contribution in [0.15, 0.2) is 12.2 Å². The van der Waals surface area contributed by atoms with Crippen molar-refractivity contribution < 1.29 is 10.2 Å². The smallest absolute Gasteiger partial charge is 0.0601 e. The van der Waals surface area contributed by atoms with Gasteiger partial charge in [0.05, 0.1) is 12.2 Å². The van der Waals surface area contributed by atoms with Gasteiger partial charge in [-0.05, 0) is 19.3 Å². The van der Waals surface area contributed by atoms with Crippen LogP contribution >= 0.6 is 0 Å². The second-order valence-electron chi connectivity index (χ2n) is 2.70. The van der Waals surface area contributed by atoms with E-state index in [1.807, 2.05) is 0 Å². The van der Waals surface area contributed by atoms with Gasteiger partial charge >= 0.3 is 0 Å². The van der Waals surface area contributed by atoms with Crippen LogP contribution in [0, 0.1) is 0 Å². The Kier molecular flexibility index (Phi) is 1.88. The Morgan fingerprint density at radius 1 is 1.22 bits per heavy atom. The molecule has 0 bridgehead atoms. The highest BCUT2D eigenvalue weighted by molar-refractivity contribution is 5.02. The number of aliphatic hydroxyl groups excluding tert-OH is 2. The maximum atomic E-state index is 9.03. The van der Waals surface area contributed by atoms with E-state index in [0.29, 0.717) is 19.3 Å². The minimum absolute atomic E-state index is 0.360. The zero-order chi connectivity index (χ0) is 6.85. The summed E-state index contributed by atoms with van der Waals surface area (Å²) >= 11 is 0. The zero-order valence-electron chi connectivity index (χ0n) is 5.38. The van der Waals surface area contributed by atoms with Gasteiger partial charge in [0.2, 0.25) is 0 Å². The molecule has 2 N–H and O–H groups in total. The molecule has 1 aliphatic rings. The Bertz CT molecular complexity index is 108. The van der Waals surface area contributed by atoms with E-state index in [1.54, 1.807) is 0 Å². The predicted molar refractivity (Wildman–Crippen MR) is 35.0 cm³/mol. The van der Waals surface area contributed by atoms with Crippen LogP contribution in [0.4, 0.5) is 0 Å². The van der Waals surface area contributed by atoms with E-state index in [-0.39, 0.29) is 12.2 Å². The van der Waals surface area contributed by atoms with Gasteiger partial charge < -0.3 is 10.2 Å².